The molecule has 2 aromatic heterocycles. The van der Waals surface area contributed by atoms with Crippen LogP contribution in [0.1, 0.15) is 104 Å². The van der Waals surface area contributed by atoms with Crippen molar-refractivity contribution in [3.63, 3.8) is 0 Å². The Labute approximate surface area is 514 Å². The summed E-state index contributed by atoms with van der Waals surface area (Å²) < 4.78 is 31.0. The third kappa shape index (κ3) is 15.1. The van der Waals surface area contributed by atoms with Gasteiger partial charge in [-0.15, -0.1) is 23.2 Å². The van der Waals surface area contributed by atoms with Crippen molar-refractivity contribution in [3.05, 3.63) is 154 Å². The predicted octanol–water partition coefficient (Wildman–Crippen LogP) is 7.49. The number of Topliss-reactive ketones (excluding diaryl/α,β-unsaturated/α-hetero) is 1. The number of halogens is 2. The molecule has 4 aromatic carbocycles. The van der Waals surface area contributed by atoms with Crippen molar-refractivity contribution in [1.29, 1.82) is 0 Å². The average molecular weight is 1250 g/mol. The summed E-state index contributed by atoms with van der Waals surface area (Å²) in [6, 6.07) is 24.7. The van der Waals surface area contributed by atoms with Gasteiger partial charge in [0, 0.05) is 153 Å². The second kappa shape index (κ2) is 28.7. The SMILES string of the molecule is CC(=O)[C@]1(O)Cc2c(O)c3c(c(O)c2[C@@H](O[C@H]2C[C@H](N)[C@H](O)[C@H](C)O2)C1)C(=O)c1ccccc1C3=O.Cc1ccc(NC(=O)c2ccc(CN3CCN(C)CC3)cc2)cc1Nc1nccc(-c2cccnc2)n1.O=P1(NCCCl)OCCCN1CCCl. The van der Waals surface area contributed by atoms with Crippen LogP contribution in [0, 0.1) is 6.92 Å². The first-order chi connectivity index (χ1) is 41.7. The van der Waals surface area contributed by atoms with Gasteiger partial charge < -0.3 is 55.7 Å². The number of anilines is 3. The maximum atomic E-state index is 13.3. The monoisotopic (exact) mass is 1250 g/mol. The largest absolute Gasteiger partial charge is 0.507 e. The number of carbonyl (C=O) groups excluding carboxylic acids is 4. The van der Waals surface area contributed by atoms with Gasteiger partial charge in [-0.05, 0) is 87.8 Å². The van der Waals surface area contributed by atoms with E-state index in [1.807, 2.05) is 67.6 Å². The number of phenols is 2. The Morgan fingerprint density at radius 3 is 2.29 bits per heavy atom. The topological polar surface area (TPSA) is 304 Å². The minimum atomic E-state index is -2.84. The molecule has 11 rings (SSSR count). The summed E-state index contributed by atoms with van der Waals surface area (Å²) in [6.45, 7) is 12.4. The quantitative estimate of drug-likeness (QED) is 0.0280. The maximum absolute atomic E-state index is 13.3. The smallest absolute Gasteiger partial charge is 0.343 e. The second-order valence-corrected chi connectivity index (χ2v) is 25.1. The summed E-state index contributed by atoms with van der Waals surface area (Å²) in [5.41, 5.74) is 9.46. The number of rotatable bonds is 15. The number of carbonyl (C=O) groups is 4. The van der Waals surface area contributed by atoms with Crippen LogP contribution in [0.4, 0.5) is 17.3 Å². The molecular weight excluding hydrogens is 1180 g/mol. The van der Waals surface area contributed by atoms with E-state index in [2.05, 4.69) is 47.5 Å². The van der Waals surface area contributed by atoms with Crippen molar-refractivity contribution in [1.82, 2.24) is 34.5 Å². The number of nitrogens with zero attached hydrogens (tertiary/aromatic N) is 6. The molecule has 3 fully saturated rings. The molecule has 3 aliphatic heterocycles. The fourth-order valence-electron chi connectivity index (χ4n) is 11.0. The number of aliphatic hydroxyl groups excluding tert-OH is 1. The van der Waals surface area contributed by atoms with Crippen molar-refractivity contribution < 1.29 is 58.2 Å². The van der Waals surface area contributed by atoms with Crippen LogP contribution in [-0.4, -0.2) is 174 Å². The molecule has 87 heavy (non-hydrogen) atoms. The van der Waals surface area contributed by atoms with Crippen molar-refractivity contribution in [2.45, 2.75) is 89.2 Å². The van der Waals surface area contributed by atoms with E-state index in [0.29, 0.717) is 48.7 Å². The standard InChI is InChI=1S/C29H31N7O.C26H27NO9.C7H15Cl2N2O2P/c1-21-5-10-25(18-27(21)34-29-31-13-11-26(33-29)24-4-3-12-30-19-24)32-28(37)23-8-6-22(7-9-23)20-36-16-14-35(2)15-17-36;1-10-21(29)15(27)7-17(35-10)36-16-9-26(34,11(2)28)8-14-18(16)25(33)20-19(24(14)32)22(30)12-5-3-4-6-13(12)23(20)31;8-2-4-10-14(12)11(6-3-9)5-1-7-13-14/h3-13,18-19H,14-17,20H2,1-2H3,(H,32,37)(H,31,33,34);3-6,10,15-17,21,29,32-34H,7-9,27H2,1-2H3;1-7H2,(H,10,12)/t;10-,15-,16-,17-,21+,26-;/m.0./s1. The highest BCUT2D eigenvalue weighted by Crippen LogP contribution is 2.52. The molecule has 9 N–H and O–H groups in total. The molecule has 5 heterocycles. The molecule has 5 aliphatic rings. The lowest BCUT2D eigenvalue weighted by molar-refractivity contribution is -0.247. The third-order valence-electron chi connectivity index (χ3n) is 16.0. The van der Waals surface area contributed by atoms with Gasteiger partial charge in [0.15, 0.2) is 23.6 Å². The number of aromatic hydroxyl groups is 2. The van der Waals surface area contributed by atoms with Gasteiger partial charge in [-0.1, -0.05) is 42.5 Å². The summed E-state index contributed by atoms with van der Waals surface area (Å²) >= 11 is 11.1. The lowest BCUT2D eigenvalue weighted by atomic mass is 9.72. The summed E-state index contributed by atoms with van der Waals surface area (Å²) in [5.74, 6) is -1.85. The molecule has 0 saturated carbocycles. The van der Waals surface area contributed by atoms with Gasteiger partial charge >= 0.3 is 7.67 Å². The summed E-state index contributed by atoms with van der Waals surface area (Å²) in [6.07, 6.45) is 1.73. The van der Waals surface area contributed by atoms with E-state index >= 15 is 0 Å². The Balaban J connectivity index is 0.000000171. The number of benzene rings is 4. The number of nitrogens with one attached hydrogen (secondary N) is 3. The summed E-state index contributed by atoms with van der Waals surface area (Å²) in [7, 11) is -0.683. The van der Waals surface area contributed by atoms with E-state index < -0.39 is 79.2 Å². The molecule has 6 aromatic rings. The number of fused-ring (bicyclic) bond motifs is 3. The number of aromatic nitrogens is 3. The Hall–Kier alpha value is -6.60. The molecule has 0 spiro atoms. The Morgan fingerprint density at radius 2 is 1.63 bits per heavy atom. The Bertz CT molecular complexity index is 3500. The number of alkyl halides is 2. The molecule has 2 aliphatic carbocycles. The number of phenolic OH excluding ortho intramolecular Hbond substituents is 2. The molecule has 3 saturated heterocycles. The number of piperazine rings is 1. The molecule has 22 nitrogen and oxygen atoms in total. The van der Waals surface area contributed by atoms with Gasteiger partial charge in [0.2, 0.25) is 5.95 Å². The molecule has 0 radical (unpaired) electrons. The van der Waals surface area contributed by atoms with Gasteiger partial charge in [-0.25, -0.2) is 19.7 Å². The number of aliphatic hydroxyl groups is 2. The van der Waals surface area contributed by atoms with Crippen molar-refractivity contribution in [2.24, 2.45) is 5.73 Å². The first-order valence-electron chi connectivity index (χ1n) is 28.8. The van der Waals surface area contributed by atoms with Crippen LogP contribution in [-0.2, 0) is 36.3 Å². The van der Waals surface area contributed by atoms with Gasteiger partial charge in [0.25, 0.3) is 5.91 Å². The number of likely N-dealkylation sites (N-methyl/N-ethyl adjacent to an activating group) is 1. The van der Waals surface area contributed by atoms with Gasteiger partial charge in [-0.3, -0.25) is 33.6 Å². The molecular formula is C62H73Cl2N10O12P. The average Bonchev–Trinajstić information content (AvgIpc) is 0.973. The first-order valence-corrected chi connectivity index (χ1v) is 31.4. The van der Waals surface area contributed by atoms with E-state index in [4.69, 9.17) is 42.9 Å². The van der Waals surface area contributed by atoms with Crippen LogP contribution in [0.5, 0.6) is 11.5 Å². The number of aryl methyl sites for hydroxylation is 1. The molecule has 25 heteroatoms. The molecule has 1 unspecified atom stereocenters. The second-order valence-electron chi connectivity index (χ2n) is 22.1. The first kappa shape index (κ1) is 64.9. The Kier molecular flexibility index (Phi) is 21.4. The van der Waals surface area contributed by atoms with Crippen LogP contribution >= 0.6 is 30.9 Å². The zero-order chi connectivity index (χ0) is 62.2. The minimum Gasteiger partial charge on any atom is -0.507 e. The maximum Gasteiger partial charge on any atom is 0.343 e. The van der Waals surface area contributed by atoms with Crippen molar-refractivity contribution in [2.75, 3.05) is 81.9 Å². The number of nitrogens with two attached hydrogens (primary N) is 1. The number of ketones is 3. The summed E-state index contributed by atoms with van der Waals surface area (Å²) in [5, 5.41) is 53.0. The zero-order valence-corrected chi connectivity index (χ0v) is 51.2. The van der Waals surface area contributed by atoms with Crippen molar-refractivity contribution >= 4 is 71.5 Å². The van der Waals surface area contributed by atoms with E-state index in [1.165, 1.54) is 24.6 Å². The lowest BCUT2D eigenvalue weighted by Crippen LogP contribution is -2.52. The molecule has 462 valence electrons. The van der Waals surface area contributed by atoms with E-state index in [9.17, 15) is 44.2 Å². The summed E-state index contributed by atoms with van der Waals surface area (Å²) in [4.78, 5) is 69.9. The molecule has 7 atom stereocenters. The molecule has 1 amide bonds. The molecule has 0 bridgehead atoms. The minimum absolute atomic E-state index is 0.00588. The normalized spacial score (nSPS) is 23.8. The van der Waals surface area contributed by atoms with E-state index in [-0.39, 0.29) is 52.1 Å². The van der Waals surface area contributed by atoms with Crippen LogP contribution < -0.4 is 21.5 Å². The fraction of sp³-hybridized carbons (Fsp3) is 0.403. The Morgan fingerprint density at radius 1 is 0.920 bits per heavy atom. The van der Waals surface area contributed by atoms with Crippen molar-refractivity contribution in [3.8, 4) is 22.8 Å². The number of pyridine rings is 1. The zero-order valence-electron chi connectivity index (χ0n) is 48.8. The highest BCUT2D eigenvalue weighted by Gasteiger charge is 2.49. The van der Waals surface area contributed by atoms with Gasteiger partial charge in [-0.2, -0.15) is 0 Å². The number of amides is 1. The predicted molar refractivity (Wildman–Crippen MR) is 330 cm³/mol. The van der Waals surface area contributed by atoms with Crippen LogP contribution in [0.25, 0.3) is 11.3 Å². The fourth-order valence-corrected chi connectivity index (χ4v) is 13.6. The van der Waals surface area contributed by atoms with Crippen LogP contribution in [0.3, 0.4) is 0 Å². The van der Waals surface area contributed by atoms with E-state index in [1.54, 1.807) is 42.3 Å². The van der Waals surface area contributed by atoms with Gasteiger partial charge in [0.1, 0.15) is 17.1 Å². The lowest BCUT2D eigenvalue weighted by Gasteiger charge is -2.42. The third-order valence-corrected chi connectivity index (χ3v) is 18.7. The van der Waals surface area contributed by atoms with Crippen LogP contribution in [0.2, 0.25) is 0 Å². The van der Waals surface area contributed by atoms with Gasteiger partial charge in [0.05, 0.1) is 41.7 Å². The number of ether oxygens (including phenoxy) is 2. The highest BCUT2D eigenvalue weighted by atomic mass is 35.5. The number of hydrogen-bond donors (Lipinski definition) is 8. The van der Waals surface area contributed by atoms with E-state index in [0.717, 1.165) is 68.2 Å². The van der Waals surface area contributed by atoms with Crippen LogP contribution in [0.15, 0.2) is 104 Å². The highest BCUT2D eigenvalue weighted by molar-refractivity contribution is 7.54. The number of hydrogen-bond acceptors (Lipinski definition) is 19.